The van der Waals surface area contributed by atoms with E-state index in [-0.39, 0.29) is 18.7 Å². The summed E-state index contributed by atoms with van der Waals surface area (Å²) >= 11 is 0. The molecule has 1 heterocycles. The molecule has 0 aromatic heterocycles. The third-order valence-corrected chi connectivity index (χ3v) is 7.86. The minimum Gasteiger partial charge on any atom is -0.493 e. The molecule has 0 fully saturated rings. The van der Waals surface area contributed by atoms with Gasteiger partial charge in [0.25, 0.3) is 5.91 Å². The minimum atomic E-state index is -3.26. The molecule has 1 aliphatic heterocycles. The van der Waals surface area contributed by atoms with E-state index in [9.17, 15) is 9.36 Å². The second-order valence-electron chi connectivity index (χ2n) is 8.47. The van der Waals surface area contributed by atoms with Gasteiger partial charge in [0.05, 0.1) is 31.7 Å². The first kappa shape index (κ1) is 27.3. The molecular formula is C27H38NO6P. The lowest BCUT2D eigenvalue weighted by molar-refractivity contribution is -0.126. The van der Waals surface area contributed by atoms with Gasteiger partial charge in [-0.3, -0.25) is 9.36 Å². The lowest BCUT2D eigenvalue weighted by atomic mass is 10.1. The summed E-state index contributed by atoms with van der Waals surface area (Å²) < 4.78 is 36.0. The van der Waals surface area contributed by atoms with Crippen molar-refractivity contribution >= 4 is 19.2 Å². The molecule has 1 atom stereocenters. The summed E-state index contributed by atoms with van der Waals surface area (Å²) in [6.07, 6.45) is 4.30. The fourth-order valence-electron chi connectivity index (χ4n) is 4.17. The van der Waals surface area contributed by atoms with Gasteiger partial charge >= 0.3 is 7.60 Å². The van der Waals surface area contributed by atoms with Crippen LogP contribution in [-0.2, 0) is 24.6 Å². The van der Waals surface area contributed by atoms with Gasteiger partial charge in [0.2, 0.25) is 0 Å². The Morgan fingerprint density at radius 2 is 1.66 bits per heavy atom. The molecule has 0 spiro atoms. The number of nitrogens with zero attached hydrogens (tertiary/aromatic N) is 1. The number of carbonyl (C=O) groups excluding carboxylic acids is 1. The predicted molar refractivity (Wildman–Crippen MR) is 138 cm³/mol. The molecule has 192 valence electrons. The maximum absolute atomic E-state index is 13.3. The first-order valence-electron chi connectivity index (χ1n) is 12.7. The van der Waals surface area contributed by atoms with Crippen molar-refractivity contribution in [3.05, 3.63) is 54.1 Å². The third-order valence-electron chi connectivity index (χ3n) is 5.83. The van der Waals surface area contributed by atoms with Crippen molar-refractivity contribution in [2.24, 2.45) is 0 Å². The molecule has 2 aromatic carbocycles. The quantitative estimate of drug-likeness (QED) is 0.201. The van der Waals surface area contributed by atoms with E-state index in [1.165, 1.54) is 0 Å². The van der Waals surface area contributed by atoms with Crippen molar-refractivity contribution in [3.63, 3.8) is 0 Å². The number of hydrogen-bond acceptors (Lipinski definition) is 6. The number of rotatable bonds is 15. The monoisotopic (exact) mass is 503 g/mol. The van der Waals surface area contributed by atoms with Gasteiger partial charge in [-0.2, -0.15) is 0 Å². The average Bonchev–Trinajstić information content (AvgIpc) is 2.84. The van der Waals surface area contributed by atoms with Gasteiger partial charge in [-0.05, 0) is 38.5 Å². The first-order valence-corrected chi connectivity index (χ1v) is 14.4. The van der Waals surface area contributed by atoms with Crippen LogP contribution in [0.4, 0.5) is 5.69 Å². The smallest absolute Gasteiger partial charge is 0.335 e. The van der Waals surface area contributed by atoms with Crippen LogP contribution >= 0.6 is 7.60 Å². The summed E-state index contributed by atoms with van der Waals surface area (Å²) in [4.78, 5) is 15.1. The fraction of sp³-hybridized carbons (Fsp3) is 0.519. The van der Waals surface area contributed by atoms with Crippen molar-refractivity contribution in [1.29, 1.82) is 0 Å². The maximum Gasteiger partial charge on any atom is 0.335 e. The van der Waals surface area contributed by atoms with E-state index in [2.05, 4.69) is 6.92 Å². The molecule has 35 heavy (non-hydrogen) atoms. The third kappa shape index (κ3) is 7.57. The van der Waals surface area contributed by atoms with E-state index in [4.69, 9.17) is 18.5 Å². The zero-order valence-electron chi connectivity index (χ0n) is 21.1. The average molecular weight is 504 g/mol. The highest BCUT2D eigenvalue weighted by molar-refractivity contribution is 7.53. The van der Waals surface area contributed by atoms with Crippen molar-refractivity contribution in [1.82, 2.24) is 0 Å². The van der Waals surface area contributed by atoms with Crippen LogP contribution < -0.4 is 14.4 Å². The second kappa shape index (κ2) is 13.7. The number of anilines is 1. The van der Waals surface area contributed by atoms with Gasteiger partial charge in [0.15, 0.2) is 6.10 Å². The van der Waals surface area contributed by atoms with Crippen molar-refractivity contribution in [3.8, 4) is 11.5 Å². The Kier molecular flexibility index (Phi) is 10.6. The molecule has 3 rings (SSSR count). The molecule has 7 nitrogen and oxygen atoms in total. The Bertz CT molecular complexity index is 987. The molecule has 0 radical (unpaired) electrons. The molecule has 1 aliphatic rings. The summed E-state index contributed by atoms with van der Waals surface area (Å²) in [5.74, 6) is 1.30. The summed E-state index contributed by atoms with van der Waals surface area (Å²) in [7, 11) is -3.26. The standard InChI is InChI=1S/C27H38NO6P/c1-4-7-8-13-19-28-23-15-10-12-17-25(23)34-26(27(28)29)18-20-31-24-16-11-9-14-22(24)21-35(30,32-5-2)33-6-3/h9-12,14-17,26H,4-8,13,18-21H2,1-3H3. The van der Waals surface area contributed by atoms with Gasteiger partial charge in [0.1, 0.15) is 11.5 Å². The highest BCUT2D eigenvalue weighted by atomic mass is 31.2. The van der Waals surface area contributed by atoms with Crippen LogP contribution in [0, 0.1) is 0 Å². The number of amides is 1. The molecule has 8 heteroatoms. The van der Waals surface area contributed by atoms with Crippen LogP contribution in [0.1, 0.15) is 58.4 Å². The van der Waals surface area contributed by atoms with Crippen LogP contribution in [0.3, 0.4) is 0 Å². The molecule has 0 bridgehead atoms. The van der Waals surface area contributed by atoms with Crippen LogP contribution in [0.2, 0.25) is 0 Å². The molecule has 0 aliphatic carbocycles. The van der Waals surface area contributed by atoms with E-state index in [1.807, 2.05) is 53.4 Å². The van der Waals surface area contributed by atoms with Crippen LogP contribution in [0.15, 0.2) is 48.5 Å². The van der Waals surface area contributed by atoms with Gasteiger partial charge in [-0.1, -0.05) is 56.5 Å². The van der Waals surface area contributed by atoms with Gasteiger partial charge in [-0.15, -0.1) is 0 Å². The van der Waals surface area contributed by atoms with Gasteiger partial charge in [-0.25, -0.2) is 0 Å². The van der Waals surface area contributed by atoms with E-state index >= 15 is 0 Å². The Labute approximate surface area is 209 Å². The Balaban J connectivity index is 1.65. The van der Waals surface area contributed by atoms with Crippen molar-refractivity contribution < 1.29 is 27.9 Å². The summed E-state index contributed by atoms with van der Waals surface area (Å²) in [5.41, 5.74) is 1.58. The maximum atomic E-state index is 13.3. The lowest BCUT2D eigenvalue weighted by Gasteiger charge is -2.34. The van der Waals surface area contributed by atoms with E-state index < -0.39 is 13.7 Å². The molecule has 0 N–H and O–H groups in total. The van der Waals surface area contributed by atoms with Gasteiger partial charge in [0, 0.05) is 18.5 Å². The molecule has 0 saturated heterocycles. The van der Waals surface area contributed by atoms with Crippen LogP contribution in [0.25, 0.3) is 0 Å². The molecule has 1 amide bonds. The van der Waals surface area contributed by atoms with E-state index in [0.29, 0.717) is 31.9 Å². The number of benzene rings is 2. The number of para-hydroxylation sites is 3. The number of ether oxygens (including phenoxy) is 2. The summed E-state index contributed by atoms with van der Waals surface area (Å²) in [6, 6.07) is 15.1. The number of carbonyl (C=O) groups is 1. The predicted octanol–water partition coefficient (Wildman–Crippen LogP) is 6.60. The minimum absolute atomic E-state index is 0.0331. The molecular weight excluding hydrogens is 465 g/mol. The topological polar surface area (TPSA) is 74.3 Å². The Morgan fingerprint density at radius 1 is 0.943 bits per heavy atom. The SMILES string of the molecule is CCCCCCN1C(=O)C(CCOc2ccccc2CP(=O)(OCC)OCC)Oc2ccccc21. The zero-order chi connectivity index (χ0) is 25.1. The first-order chi connectivity index (χ1) is 17.0. The van der Waals surface area contributed by atoms with E-state index in [0.717, 1.165) is 42.7 Å². The van der Waals surface area contributed by atoms with E-state index in [1.54, 1.807) is 13.8 Å². The normalized spacial score (nSPS) is 15.6. The largest absolute Gasteiger partial charge is 0.493 e. The van der Waals surface area contributed by atoms with Crippen LogP contribution in [-0.4, -0.2) is 38.4 Å². The van der Waals surface area contributed by atoms with Crippen molar-refractivity contribution in [2.45, 2.75) is 65.1 Å². The number of hydrogen-bond donors (Lipinski definition) is 0. The Hall–Kier alpha value is -2.34. The highest BCUT2D eigenvalue weighted by Crippen LogP contribution is 2.52. The Morgan fingerprint density at radius 3 is 2.40 bits per heavy atom. The number of unbranched alkanes of at least 4 members (excludes halogenated alkanes) is 3. The summed E-state index contributed by atoms with van der Waals surface area (Å²) in [6.45, 7) is 7.34. The highest BCUT2D eigenvalue weighted by Gasteiger charge is 2.34. The number of fused-ring (bicyclic) bond motifs is 1. The fourth-order valence-corrected chi connectivity index (χ4v) is 5.89. The summed E-state index contributed by atoms with van der Waals surface area (Å²) in [5, 5.41) is 0. The molecule has 0 saturated carbocycles. The van der Waals surface area contributed by atoms with Crippen LogP contribution in [0.5, 0.6) is 11.5 Å². The lowest BCUT2D eigenvalue weighted by Crippen LogP contribution is -2.47. The zero-order valence-corrected chi connectivity index (χ0v) is 22.0. The molecule has 2 aromatic rings. The van der Waals surface area contributed by atoms with Gasteiger partial charge < -0.3 is 23.4 Å². The van der Waals surface area contributed by atoms with Crippen molar-refractivity contribution in [2.75, 3.05) is 31.3 Å². The second-order valence-corrected chi connectivity index (χ2v) is 10.5. The molecule has 1 unspecified atom stereocenters.